The van der Waals surface area contributed by atoms with E-state index in [-0.39, 0.29) is 0 Å². The van der Waals surface area contributed by atoms with Gasteiger partial charge in [-0.3, -0.25) is 4.98 Å². The van der Waals surface area contributed by atoms with Crippen LogP contribution >= 0.6 is 0 Å². The van der Waals surface area contributed by atoms with E-state index in [4.69, 9.17) is 4.74 Å². The highest BCUT2D eigenvalue weighted by molar-refractivity contribution is 5.34. The molecule has 0 saturated heterocycles. The lowest BCUT2D eigenvalue weighted by Gasteiger charge is -2.13. The van der Waals surface area contributed by atoms with Crippen LogP contribution in [0.1, 0.15) is 24.2 Å². The number of aliphatic hydroxyl groups excluding tert-OH is 1. The lowest BCUT2D eigenvalue weighted by atomic mass is 10.1. The predicted molar refractivity (Wildman–Crippen MR) is 70.5 cm³/mol. The largest absolute Gasteiger partial charge is 0.493 e. The van der Waals surface area contributed by atoms with Gasteiger partial charge >= 0.3 is 0 Å². The Balaban J connectivity index is 1.94. The van der Waals surface area contributed by atoms with Crippen LogP contribution < -0.4 is 4.74 Å². The molecule has 1 N–H and O–H groups in total. The average molecular weight is 243 g/mol. The number of aliphatic hydroxyl groups is 1. The summed E-state index contributed by atoms with van der Waals surface area (Å²) in [5.74, 6) is 0.751. The van der Waals surface area contributed by atoms with E-state index < -0.39 is 6.10 Å². The predicted octanol–water partition coefficient (Wildman–Crippen LogP) is 2.76. The SMILES string of the molecule is C[C@@H](O)c1ccccc1OCCc1ccncc1. The van der Waals surface area contributed by atoms with Gasteiger partial charge in [0.1, 0.15) is 5.75 Å². The summed E-state index contributed by atoms with van der Waals surface area (Å²) in [5.41, 5.74) is 2.02. The molecule has 3 nitrogen and oxygen atoms in total. The third-order valence-corrected chi connectivity index (χ3v) is 2.77. The number of rotatable bonds is 5. The zero-order valence-corrected chi connectivity index (χ0v) is 10.4. The molecule has 1 aromatic heterocycles. The Morgan fingerprint density at radius 1 is 1.17 bits per heavy atom. The van der Waals surface area contributed by atoms with Crippen LogP contribution in [0, 0.1) is 0 Å². The van der Waals surface area contributed by atoms with Gasteiger partial charge in [-0.15, -0.1) is 0 Å². The standard InChI is InChI=1S/C15H17NO2/c1-12(17)14-4-2-3-5-15(14)18-11-8-13-6-9-16-10-7-13/h2-7,9-10,12,17H,8,11H2,1H3/t12-/m1/s1. The summed E-state index contributed by atoms with van der Waals surface area (Å²) in [4.78, 5) is 3.98. The number of para-hydroxylation sites is 1. The fourth-order valence-electron chi connectivity index (χ4n) is 1.79. The van der Waals surface area contributed by atoms with E-state index in [0.717, 1.165) is 17.7 Å². The third kappa shape index (κ3) is 3.31. The summed E-state index contributed by atoms with van der Waals surface area (Å²) >= 11 is 0. The maximum absolute atomic E-state index is 9.63. The Morgan fingerprint density at radius 2 is 1.89 bits per heavy atom. The monoisotopic (exact) mass is 243 g/mol. The molecule has 0 amide bonds. The summed E-state index contributed by atoms with van der Waals surface area (Å²) < 4.78 is 5.72. The normalized spacial score (nSPS) is 12.1. The van der Waals surface area contributed by atoms with Crippen LogP contribution in [0.3, 0.4) is 0 Å². The fraction of sp³-hybridized carbons (Fsp3) is 0.267. The molecule has 0 aliphatic heterocycles. The van der Waals surface area contributed by atoms with E-state index in [1.807, 2.05) is 36.4 Å². The summed E-state index contributed by atoms with van der Waals surface area (Å²) in [6.45, 7) is 2.33. The molecule has 18 heavy (non-hydrogen) atoms. The number of hydrogen-bond donors (Lipinski definition) is 1. The number of aromatic nitrogens is 1. The van der Waals surface area contributed by atoms with E-state index >= 15 is 0 Å². The second kappa shape index (κ2) is 6.17. The van der Waals surface area contributed by atoms with E-state index in [0.29, 0.717) is 6.61 Å². The van der Waals surface area contributed by atoms with Crippen molar-refractivity contribution in [1.82, 2.24) is 4.98 Å². The van der Waals surface area contributed by atoms with Gasteiger partial charge in [-0.1, -0.05) is 18.2 Å². The second-order valence-electron chi connectivity index (χ2n) is 4.17. The smallest absolute Gasteiger partial charge is 0.125 e. The second-order valence-corrected chi connectivity index (χ2v) is 4.17. The zero-order chi connectivity index (χ0) is 12.8. The minimum Gasteiger partial charge on any atom is -0.493 e. The van der Waals surface area contributed by atoms with Crippen molar-refractivity contribution in [3.8, 4) is 5.75 Å². The van der Waals surface area contributed by atoms with Crippen molar-refractivity contribution in [2.45, 2.75) is 19.4 Å². The van der Waals surface area contributed by atoms with Gasteiger partial charge in [0.05, 0.1) is 12.7 Å². The summed E-state index contributed by atoms with van der Waals surface area (Å²) in [6.07, 6.45) is 3.87. The lowest BCUT2D eigenvalue weighted by molar-refractivity contribution is 0.191. The number of pyridine rings is 1. The van der Waals surface area contributed by atoms with E-state index in [1.165, 1.54) is 5.56 Å². The lowest BCUT2D eigenvalue weighted by Crippen LogP contribution is -2.04. The van der Waals surface area contributed by atoms with Gasteiger partial charge in [0, 0.05) is 24.4 Å². The molecule has 0 aliphatic rings. The molecule has 94 valence electrons. The van der Waals surface area contributed by atoms with Crippen LogP contribution in [-0.4, -0.2) is 16.7 Å². The topological polar surface area (TPSA) is 42.4 Å². The highest BCUT2D eigenvalue weighted by atomic mass is 16.5. The van der Waals surface area contributed by atoms with Crippen LogP contribution in [0.2, 0.25) is 0 Å². The van der Waals surface area contributed by atoms with Gasteiger partial charge in [0.2, 0.25) is 0 Å². The molecule has 1 aromatic carbocycles. The molecule has 0 aliphatic carbocycles. The van der Waals surface area contributed by atoms with E-state index in [1.54, 1.807) is 19.3 Å². The van der Waals surface area contributed by atoms with E-state index in [9.17, 15) is 5.11 Å². The quantitative estimate of drug-likeness (QED) is 0.878. The molecule has 1 heterocycles. The van der Waals surface area contributed by atoms with Gasteiger partial charge in [-0.25, -0.2) is 0 Å². The average Bonchev–Trinajstić information content (AvgIpc) is 2.40. The van der Waals surface area contributed by atoms with Crippen molar-refractivity contribution in [2.24, 2.45) is 0 Å². The minimum absolute atomic E-state index is 0.512. The third-order valence-electron chi connectivity index (χ3n) is 2.77. The van der Waals surface area contributed by atoms with Crippen molar-refractivity contribution >= 4 is 0 Å². The Bertz CT molecular complexity index is 483. The zero-order valence-electron chi connectivity index (χ0n) is 10.4. The number of nitrogens with zero attached hydrogens (tertiary/aromatic N) is 1. The molecule has 0 bridgehead atoms. The van der Waals surface area contributed by atoms with Gasteiger partial charge in [0.25, 0.3) is 0 Å². The highest BCUT2D eigenvalue weighted by Gasteiger charge is 2.07. The van der Waals surface area contributed by atoms with Crippen molar-refractivity contribution in [2.75, 3.05) is 6.61 Å². The van der Waals surface area contributed by atoms with Crippen LogP contribution in [-0.2, 0) is 6.42 Å². The molecule has 0 spiro atoms. The van der Waals surface area contributed by atoms with Crippen molar-refractivity contribution in [3.05, 3.63) is 59.9 Å². The van der Waals surface area contributed by atoms with Crippen molar-refractivity contribution in [3.63, 3.8) is 0 Å². The first kappa shape index (κ1) is 12.6. The molecule has 0 fully saturated rings. The number of benzene rings is 1. The van der Waals surface area contributed by atoms with Crippen molar-refractivity contribution in [1.29, 1.82) is 0 Å². The molecule has 2 rings (SSSR count). The minimum atomic E-state index is -0.512. The molecule has 1 atom stereocenters. The maximum atomic E-state index is 9.63. The molecule has 2 aromatic rings. The number of ether oxygens (including phenoxy) is 1. The Hall–Kier alpha value is -1.87. The molecule has 0 saturated carbocycles. The molecular formula is C15H17NO2. The first-order valence-electron chi connectivity index (χ1n) is 6.06. The molecule has 3 heteroatoms. The first-order chi connectivity index (χ1) is 8.77. The van der Waals surface area contributed by atoms with Gasteiger partial charge in [0.15, 0.2) is 0 Å². The van der Waals surface area contributed by atoms with Crippen LogP contribution in [0.5, 0.6) is 5.75 Å². The Kier molecular flexibility index (Phi) is 4.31. The van der Waals surface area contributed by atoms with Crippen molar-refractivity contribution < 1.29 is 9.84 Å². The first-order valence-corrected chi connectivity index (χ1v) is 6.06. The fourth-order valence-corrected chi connectivity index (χ4v) is 1.79. The van der Waals surface area contributed by atoms with Gasteiger partial charge in [-0.2, -0.15) is 0 Å². The summed E-state index contributed by atoms with van der Waals surface area (Å²) in [7, 11) is 0. The summed E-state index contributed by atoms with van der Waals surface area (Å²) in [5, 5.41) is 9.63. The van der Waals surface area contributed by atoms with Crippen LogP contribution in [0.15, 0.2) is 48.8 Å². The summed E-state index contributed by atoms with van der Waals surface area (Å²) in [6, 6.07) is 11.5. The molecule has 0 unspecified atom stereocenters. The Labute approximate surface area is 107 Å². The molecule has 0 radical (unpaired) electrons. The number of hydrogen-bond acceptors (Lipinski definition) is 3. The van der Waals surface area contributed by atoms with Crippen LogP contribution in [0.4, 0.5) is 0 Å². The Morgan fingerprint density at radius 3 is 2.61 bits per heavy atom. The van der Waals surface area contributed by atoms with E-state index in [2.05, 4.69) is 4.98 Å². The molecular weight excluding hydrogens is 226 g/mol. The van der Waals surface area contributed by atoms with Gasteiger partial charge in [-0.05, 0) is 30.7 Å². The maximum Gasteiger partial charge on any atom is 0.125 e. The van der Waals surface area contributed by atoms with Crippen LogP contribution in [0.25, 0.3) is 0 Å². The highest BCUT2D eigenvalue weighted by Crippen LogP contribution is 2.24. The van der Waals surface area contributed by atoms with Gasteiger partial charge < -0.3 is 9.84 Å².